The summed E-state index contributed by atoms with van der Waals surface area (Å²) in [5, 5.41) is 4.79. The Morgan fingerprint density at radius 3 is 2.12 bits per heavy atom. The maximum absolute atomic E-state index is 12.1. The molecule has 0 aliphatic carbocycles. The molecule has 2 aromatic rings. The van der Waals surface area contributed by atoms with E-state index >= 15 is 0 Å². The van der Waals surface area contributed by atoms with Gasteiger partial charge in [0.05, 0.1) is 31.2 Å². The number of primary amides is 1. The topological polar surface area (TPSA) is 120 Å². The lowest BCUT2D eigenvalue weighted by Gasteiger charge is -2.12. The highest BCUT2D eigenvalue weighted by Gasteiger charge is 2.18. The second-order valence-electron chi connectivity index (χ2n) is 4.88. The lowest BCUT2D eigenvalue weighted by Crippen LogP contribution is -2.30. The van der Waals surface area contributed by atoms with Crippen LogP contribution in [-0.2, 0) is 9.59 Å². The SMILES string of the molecule is COc1ccc(OC)c(NC(=O)C(=O)Nc2ccccc2C(N)=O)c1. The van der Waals surface area contributed by atoms with Crippen LogP contribution in [0.3, 0.4) is 0 Å². The van der Waals surface area contributed by atoms with E-state index in [0.29, 0.717) is 11.5 Å². The van der Waals surface area contributed by atoms with E-state index < -0.39 is 17.7 Å². The molecule has 8 heteroatoms. The summed E-state index contributed by atoms with van der Waals surface area (Å²) in [6.45, 7) is 0. The average molecular weight is 343 g/mol. The molecule has 4 N–H and O–H groups in total. The zero-order chi connectivity index (χ0) is 18.4. The smallest absolute Gasteiger partial charge is 0.314 e. The molecule has 0 atom stereocenters. The Balaban J connectivity index is 2.17. The summed E-state index contributed by atoms with van der Waals surface area (Å²) in [6.07, 6.45) is 0. The third-order valence-corrected chi connectivity index (χ3v) is 3.30. The van der Waals surface area contributed by atoms with Crippen molar-refractivity contribution in [2.45, 2.75) is 0 Å². The minimum Gasteiger partial charge on any atom is -0.497 e. The molecule has 0 spiro atoms. The molecule has 8 nitrogen and oxygen atoms in total. The first-order chi connectivity index (χ1) is 12.0. The predicted octanol–water partition coefficient (Wildman–Crippen LogP) is 1.38. The third-order valence-electron chi connectivity index (χ3n) is 3.30. The summed E-state index contributed by atoms with van der Waals surface area (Å²) in [7, 11) is 2.90. The van der Waals surface area contributed by atoms with Crippen molar-refractivity contribution < 1.29 is 23.9 Å². The number of ether oxygens (including phenoxy) is 2. The zero-order valence-corrected chi connectivity index (χ0v) is 13.7. The van der Waals surface area contributed by atoms with Gasteiger partial charge in [-0.25, -0.2) is 0 Å². The lowest BCUT2D eigenvalue weighted by molar-refractivity contribution is -0.133. The highest BCUT2D eigenvalue weighted by Crippen LogP contribution is 2.28. The van der Waals surface area contributed by atoms with Crippen molar-refractivity contribution >= 4 is 29.1 Å². The van der Waals surface area contributed by atoms with Crippen LogP contribution < -0.4 is 25.8 Å². The summed E-state index contributed by atoms with van der Waals surface area (Å²) >= 11 is 0. The van der Waals surface area contributed by atoms with E-state index in [1.807, 2.05) is 0 Å². The molecule has 0 heterocycles. The molecule has 0 aromatic heterocycles. The van der Waals surface area contributed by atoms with Crippen LogP contribution in [0.15, 0.2) is 42.5 Å². The number of anilines is 2. The largest absolute Gasteiger partial charge is 0.497 e. The summed E-state index contributed by atoms with van der Waals surface area (Å²) < 4.78 is 10.2. The molecule has 0 saturated carbocycles. The molecule has 0 unspecified atom stereocenters. The molecule has 130 valence electrons. The number of nitrogens with one attached hydrogen (secondary N) is 2. The van der Waals surface area contributed by atoms with Crippen molar-refractivity contribution in [2.75, 3.05) is 24.9 Å². The number of carbonyl (C=O) groups is 3. The van der Waals surface area contributed by atoms with Gasteiger partial charge in [-0.05, 0) is 24.3 Å². The molecule has 3 amide bonds. The van der Waals surface area contributed by atoms with Crippen molar-refractivity contribution in [3.63, 3.8) is 0 Å². The van der Waals surface area contributed by atoms with E-state index in [1.165, 1.54) is 32.4 Å². The molecular weight excluding hydrogens is 326 g/mol. The fraction of sp³-hybridized carbons (Fsp3) is 0.118. The summed E-state index contributed by atoms with van der Waals surface area (Å²) in [5.41, 5.74) is 5.75. The summed E-state index contributed by atoms with van der Waals surface area (Å²) in [6, 6.07) is 10.9. The first-order valence-electron chi connectivity index (χ1n) is 7.19. The minimum absolute atomic E-state index is 0.0996. The Morgan fingerprint density at radius 1 is 0.880 bits per heavy atom. The van der Waals surface area contributed by atoms with Crippen molar-refractivity contribution in [3.8, 4) is 11.5 Å². The average Bonchev–Trinajstić information content (AvgIpc) is 2.61. The van der Waals surface area contributed by atoms with Gasteiger partial charge in [0.2, 0.25) is 0 Å². The molecule has 0 radical (unpaired) electrons. The molecule has 0 aliphatic rings. The Morgan fingerprint density at radius 2 is 1.52 bits per heavy atom. The van der Waals surface area contributed by atoms with Crippen LogP contribution in [0.25, 0.3) is 0 Å². The van der Waals surface area contributed by atoms with Gasteiger partial charge in [0.15, 0.2) is 0 Å². The second-order valence-corrected chi connectivity index (χ2v) is 4.88. The normalized spacial score (nSPS) is 9.84. The summed E-state index contributed by atoms with van der Waals surface area (Å²) in [4.78, 5) is 35.6. The van der Waals surface area contributed by atoms with Gasteiger partial charge in [0, 0.05) is 6.07 Å². The zero-order valence-electron chi connectivity index (χ0n) is 13.7. The number of carbonyl (C=O) groups excluding carboxylic acids is 3. The van der Waals surface area contributed by atoms with Crippen LogP contribution in [0.2, 0.25) is 0 Å². The molecule has 2 aromatic carbocycles. The highest BCUT2D eigenvalue weighted by molar-refractivity contribution is 6.44. The number of hydrogen-bond acceptors (Lipinski definition) is 5. The van der Waals surface area contributed by atoms with Crippen LogP contribution in [0.4, 0.5) is 11.4 Å². The number of benzene rings is 2. The number of methoxy groups -OCH3 is 2. The van der Waals surface area contributed by atoms with E-state index in [4.69, 9.17) is 15.2 Å². The predicted molar refractivity (Wildman–Crippen MR) is 91.8 cm³/mol. The van der Waals surface area contributed by atoms with Crippen LogP contribution in [-0.4, -0.2) is 31.9 Å². The van der Waals surface area contributed by atoms with Gasteiger partial charge in [-0.3, -0.25) is 14.4 Å². The summed E-state index contributed by atoms with van der Waals surface area (Å²) in [5.74, 6) is -1.77. The van der Waals surface area contributed by atoms with Gasteiger partial charge in [0.1, 0.15) is 11.5 Å². The lowest BCUT2D eigenvalue weighted by atomic mass is 10.1. The molecule has 0 bridgehead atoms. The number of para-hydroxylation sites is 1. The van der Waals surface area contributed by atoms with E-state index in [1.54, 1.807) is 24.3 Å². The Bertz CT molecular complexity index is 820. The van der Waals surface area contributed by atoms with Crippen LogP contribution in [0.5, 0.6) is 11.5 Å². The molecule has 0 saturated heterocycles. The standard InChI is InChI=1S/C17H17N3O5/c1-24-10-7-8-14(25-2)13(9-10)20-17(23)16(22)19-12-6-4-3-5-11(12)15(18)21/h3-9H,1-2H3,(H2,18,21)(H,19,22)(H,20,23). The fourth-order valence-electron chi connectivity index (χ4n) is 2.08. The molecule has 25 heavy (non-hydrogen) atoms. The number of nitrogens with two attached hydrogens (primary N) is 1. The van der Waals surface area contributed by atoms with E-state index in [9.17, 15) is 14.4 Å². The quantitative estimate of drug-likeness (QED) is 0.709. The van der Waals surface area contributed by atoms with Gasteiger partial charge in [-0.2, -0.15) is 0 Å². The molecule has 0 fully saturated rings. The monoisotopic (exact) mass is 343 g/mol. The Labute approximate surface area is 143 Å². The van der Waals surface area contributed by atoms with Crippen molar-refractivity contribution in [2.24, 2.45) is 5.73 Å². The van der Waals surface area contributed by atoms with E-state index in [-0.39, 0.29) is 16.9 Å². The maximum atomic E-state index is 12.1. The van der Waals surface area contributed by atoms with Crippen molar-refractivity contribution in [1.29, 1.82) is 0 Å². The number of hydrogen-bond donors (Lipinski definition) is 3. The minimum atomic E-state index is -0.960. The van der Waals surface area contributed by atoms with Crippen molar-refractivity contribution in [3.05, 3.63) is 48.0 Å². The second kappa shape index (κ2) is 7.82. The Hall–Kier alpha value is -3.55. The fourth-order valence-corrected chi connectivity index (χ4v) is 2.08. The van der Waals surface area contributed by atoms with E-state index in [0.717, 1.165) is 0 Å². The number of rotatable bonds is 5. The third kappa shape index (κ3) is 4.25. The maximum Gasteiger partial charge on any atom is 0.314 e. The molecule has 2 rings (SSSR count). The Kier molecular flexibility index (Phi) is 5.57. The van der Waals surface area contributed by atoms with Gasteiger partial charge >= 0.3 is 11.8 Å². The van der Waals surface area contributed by atoms with Crippen LogP contribution in [0.1, 0.15) is 10.4 Å². The first-order valence-corrected chi connectivity index (χ1v) is 7.19. The van der Waals surface area contributed by atoms with Crippen molar-refractivity contribution in [1.82, 2.24) is 0 Å². The molecular formula is C17H17N3O5. The highest BCUT2D eigenvalue weighted by atomic mass is 16.5. The van der Waals surface area contributed by atoms with Gasteiger partial charge in [-0.1, -0.05) is 12.1 Å². The van der Waals surface area contributed by atoms with Gasteiger partial charge < -0.3 is 25.8 Å². The molecule has 0 aliphatic heterocycles. The van der Waals surface area contributed by atoms with Gasteiger partial charge in [0.25, 0.3) is 5.91 Å². The van der Waals surface area contributed by atoms with E-state index in [2.05, 4.69) is 10.6 Å². The van der Waals surface area contributed by atoms with Crippen LogP contribution >= 0.6 is 0 Å². The van der Waals surface area contributed by atoms with Crippen LogP contribution in [0, 0.1) is 0 Å². The number of amides is 3. The van der Waals surface area contributed by atoms with Gasteiger partial charge in [-0.15, -0.1) is 0 Å². The first kappa shape index (κ1) is 17.8.